The van der Waals surface area contributed by atoms with Gasteiger partial charge in [-0.3, -0.25) is 9.59 Å². The summed E-state index contributed by atoms with van der Waals surface area (Å²) < 4.78 is 27.3. The van der Waals surface area contributed by atoms with Crippen molar-refractivity contribution in [3.63, 3.8) is 0 Å². The minimum Gasteiger partial charge on any atom is -0.350 e. The molecule has 0 atom stereocenters. The van der Waals surface area contributed by atoms with Gasteiger partial charge in [0.05, 0.1) is 10.6 Å². The van der Waals surface area contributed by atoms with Crippen LogP contribution in [0.15, 0.2) is 76.5 Å². The average Bonchev–Trinajstić information content (AvgIpc) is 3.00. The van der Waals surface area contributed by atoms with Crippen LogP contribution in [0.3, 0.4) is 0 Å². The van der Waals surface area contributed by atoms with Gasteiger partial charge in [-0.2, -0.15) is 0 Å². The maximum atomic E-state index is 13.0. The Balaban J connectivity index is 1.55. The number of aromatic nitrogens is 2. The molecule has 9 nitrogen and oxygen atoms in total. The molecule has 0 aliphatic carbocycles. The third kappa shape index (κ3) is 4.40. The van der Waals surface area contributed by atoms with Crippen molar-refractivity contribution in [1.82, 2.24) is 9.97 Å². The van der Waals surface area contributed by atoms with Crippen LogP contribution in [0.4, 0.5) is 17.3 Å². The molecule has 1 aliphatic rings. The first kappa shape index (κ1) is 22.7. The Kier molecular flexibility index (Phi) is 6.07. The highest BCUT2D eigenvalue weighted by Crippen LogP contribution is 2.34. The van der Waals surface area contributed by atoms with Crippen molar-refractivity contribution in [3.8, 4) is 0 Å². The van der Waals surface area contributed by atoms with E-state index in [4.69, 9.17) is 23.2 Å². The van der Waals surface area contributed by atoms with Crippen LogP contribution in [-0.2, 0) is 19.6 Å². The smallest absolute Gasteiger partial charge is 0.283 e. The second-order valence-corrected chi connectivity index (χ2v) is 9.31. The van der Waals surface area contributed by atoms with E-state index in [1.165, 1.54) is 36.7 Å². The molecular formula is C21H15Cl2N5O4S. The summed E-state index contributed by atoms with van der Waals surface area (Å²) in [6.45, 7) is 1.69. The van der Waals surface area contributed by atoms with Gasteiger partial charge in [0.15, 0.2) is 0 Å². The molecule has 0 unspecified atom stereocenters. The Labute approximate surface area is 199 Å². The fourth-order valence-corrected chi connectivity index (χ4v) is 4.40. The maximum absolute atomic E-state index is 13.0. The molecule has 33 heavy (non-hydrogen) atoms. The predicted octanol–water partition coefficient (Wildman–Crippen LogP) is 3.67. The van der Waals surface area contributed by atoms with Gasteiger partial charge in [0.1, 0.15) is 10.7 Å². The second kappa shape index (κ2) is 8.81. The minimum absolute atomic E-state index is 0.0504. The van der Waals surface area contributed by atoms with E-state index in [-0.39, 0.29) is 21.6 Å². The van der Waals surface area contributed by atoms with Crippen LogP contribution in [0.25, 0.3) is 0 Å². The highest BCUT2D eigenvalue weighted by molar-refractivity contribution is 7.92. The number of imide groups is 1. The SMILES string of the molecule is Cc1c(Cl)cccc1N1C(=O)C(Cl)=C(Nc2ccc(S(=O)(=O)Nc3ncccn3)cc2)C1=O. The first-order valence-electron chi connectivity index (χ1n) is 9.39. The summed E-state index contributed by atoms with van der Waals surface area (Å²) in [7, 11) is -3.92. The predicted molar refractivity (Wildman–Crippen MR) is 124 cm³/mol. The van der Waals surface area contributed by atoms with Crippen molar-refractivity contribution in [3.05, 3.63) is 82.2 Å². The van der Waals surface area contributed by atoms with Gasteiger partial charge in [-0.15, -0.1) is 0 Å². The number of halogens is 2. The first-order chi connectivity index (χ1) is 15.7. The molecule has 2 aromatic carbocycles. The van der Waals surface area contributed by atoms with Crippen LogP contribution in [0.5, 0.6) is 0 Å². The van der Waals surface area contributed by atoms with E-state index in [2.05, 4.69) is 20.0 Å². The summed E-state index contributed by atoms with van der Waals surface area (Å²) in [5, 5.41) is 2.90. The lowest BCUT2D eigenvalue weighted by molar-refractivity contribution is -0.120. The number of anilines is 3. The molecule has 168 valence electrons. The van der Waals surface area contributed by atoms with Crippen molar-refractivity contribution in [2.75, 3.05) is 14.9 Å². The van der Waals surface area contributed by atoms with Crippen molar-refractivity contribution >= 4 is 62.4 Å². The lowest BCUT2D eigenvalue weighted by Gasteiger charge is -2.18. The summed E-state index contributed by atoms with van der Waals surface area (Å²) in [6, 6.07) is 11.9. The van der Waals surface area contributed by atoms with Crippen LogP contribution in [-0.4, -0.2) is 30.2 Å². The molecule has 0 radical (unpaired) electrons. The molecule has 0 spiro atoms. The number of carbonyl (C=O) groups is 2. The van der Waals surface area contributed by atoms with E-state index in [1.807, 2.05) is 0 Å². The Bertz CT molecular complexity index is 1390. The van der Waals surface area contributed by atoms with Crippen molar-refractivity contribution in [2.45, 2.75) is 11.8 Å². The normalized spacial score (nSPS) is 14.1. The molecule has 4 rings (SSSR count). The van der Waals surface area contributed by atoms with Crippen LogP contribution in [0.1, 0.15) is 5.56 Å². The molecule has 3 aromatic rings. The van der Waals surface area contributed by atoms with E-state index in [0.717, 1.165) is 4.90 Å². The summed E-state index contributed by atoms with van der Waals surface area (Å²) in [5.74, 6) is -1.42. The fourth-order valence-electron chi connectivity index (χ4n) is 3.06. The Morgan fingerprint density at radius 1 is 0.909 bits per heavy atom. The summed E-state index contributed by atoms with van der Waals surface area (Å²) in [6.07, 6.45) is 2.81. The standard InChI is InChI=1S/C21H15Cl2N5O4S/c1-12-15(22)4-2-5-16(12)28-19(29)17(23)18(20(28)30)26-13-6-8-14(9-7-13)33(31,32)27-21-24-10-3-11-25-21/h2-11,26H,1H3,(H,24,25,27). The van der Waals surface area contributed by atoms with Crippen LogP contribution in [0, 0.1) is 6.92 Å². The fraction of sp³-hybridized carbons (Fsp3) is 0.0476. The van der Waals surface area contributed by atoms with E-state index >= 15 is 0 Å². The molecule has 0 saturated heterocycles. The molecule has 0 saturated carbocycles. The molecule has 1 aromatic heterocycles. The molecule has 2 heterocycles. The highest BCUT2D eigenvalue weighted by Gasteiger charge is 2.39. The number of benzene rings is 2. The van der Waals surface area contributed by atoms with Gasteiger partial charge in [0.25, 0.3) is 21.8 Å². The zero-order valence-corrected chi connectivity index (χ0v) is 19.2. The van der Waals surface area contributed by atoms with Gasteiger partial charge in [-0.1, -0.05) is 29.3 Å². The molecule has 2 amide bonds. The third-order valence-corrected chi connectivity index (χ3v) is 6.84. The molecule has 0 fully saturated rings. The number of hydrogen-bond acceptors (Lipinski definition) is 7. The summed E-state index contributed by atoms with van der Waals surface area (Å²) >= 11 is 12.3. The topological polar surface area (TPSA) is 121 Å². The van der Waals surface area contributed by atoms with Crippen LogP contribution >= 0.6 is 23.2 Å². The lowest BCUT2D eigenvalue weighted by atomic mass is 10.2. The monoisotopic (exact) mass is 503 g/mol. The first-order valence-corrected chi connectivity index (χ1v) is 11.6. The van der Waals surface area contributed by atoms with E-state index < -0.39 is 21.8 Å². The van der Waals surface area contributed by atoms with Gasteiger partial charge in [-0.25, -0.2) is 28.0 Å². The highest BCUT2D eigenvalue weighted by atomic mass is 35.5. The van der Waals surface area contributed by atoms with Crippen LogP contribution < -0.4 is 14.9 Å². The lowest BCUT2D eigenvalue weighted by Crippen LogP contribution is -2.32. The van der Waals surface area contributed by atoms with E-state index in [0.29, 0.717) is 22.0 Å². The molecular weight excluding hydrogens is 489 g/mol. The Morgan fingerprint density at radius 2 is 1.58 bits per heavy atom. The van der Waals surface area contributed by atoms with Crippen molar-refractivity contribution < 1.29 is 18.0 Å². The third-order valence-electron chi connectivity index (χ3n) is 4.73. The number of carbonyl (C=O) groups excluding carboxylic acids is 2. The number of nitrogens with zero attached hydrogens (tertiary/aromatic N) is 3. The van der Waals surface area contributed by atoms with E-state index in [9.17, 15) is 18.0 Å². The van der Waals surface area contributed by atoms with Gasteiger partial charge >= 0.3 is 0 Å². The average molecular weight is 504 g/mol. The number of sulfonamides is 1. The minimum atomic E-state index is -3.92. The van der Waals surface area contributed by atoms with E-state index in [1.54, 1.807) is 31.2 Å². The largest absolute Gasteiger partial charge is 0.350 e. The van der Waals surface area contributed by atoms with Crippen molar-refractivity contribution in [1.29, 1.82) is 0 Å². The van der Waals surface area contributed by atoms with Crippen molar-refractivity contribution in [2.24, 2.45) is 0 Å². The molecule has 1 aliphatic heterocycles. The number of nitrogens with one attached hydrogen (secondary N) is 2. The molecule has 2 N–H and O–H groups in total. The zero-order valence-electron chi connectivity index (χ0n) is 16.9. The Hall–Kier alpha value is -3.47. The Morgan fingerprint density at radius 3 is 2.24 bits per heavy atom. The second-order valence-electron chi connectivity index (χ2n) is 6.85. The number of rotatable bonds is 6. The van der Waals surface area contributed by atoms with Gasteiger partial charge in [-0.05, 0) is 55.0 Å². The van der Waals surface area contributed by atoms with Gasteiger partial charge in [0.2, 0.25) is 5.95 Å². The zero-order chi connectivity index (χ0) is 23.8. The maximum Gasteiger partial charge on any atom is 0.283 e. The molecule has 0 bridgehead atoms. The number of amides is 2. The van der Waals surface area contributed by atoms with Crippen LogP contribution in [0.2, 0.25) is 5.02 Å². The number of hydrogen-bond donors (Lipinski definition) is 2. The summed E-state index contributed by atoms with van der Waals surface area (Å²) in [5.41, 5.74) is 1.09. The quantitative estimate of drug-likeness (QED) is 0.492. The van der Waals surface area contributed by atoms with Gasteiger partial charge in [0, 0.05) is 23.1 Å². The van der Waals surface area contributed by atoms with Gasteiger partial charge < -0.3 is 5.32 Å². The molecule has 12 heteroatoms. The summed E-state index contributed by atoms with van der Waals surface area (Å²) in [4.78, 5) is 34.2.